The van der Waals surface area contributed by atoms with Crippen molar-refractivity contribution in [2.75, 3.05) is 13.1 Å². The zero-order chi connectivity index (χ0) is 23.8. The van der Waals surface area contributed by atoms with Crippen LogP contribution in [-0.2, 0) is 16.2 Å². The lowest BCUT2D eigenvalue weighted by atomic mass is 9.99. The lowest BCUT2D eigenvalue weighted by molar-refractivity contribution is -0.139. The van der Waals surface area contributed by atoms with Gasteiger partial charge in [-0.3, -0.25) is 0 Å². The molecule has 33 heavy (non-hydrogen) atoms. The predicted octanol–water partition coefficient (Wildman–Crippen LogP) is 5.45. The van der Waals surface area contributed by atoms with Gasteiger partial charge in [0.1, 0.15) is 0 Å². The fourth-order valence-electron chi connectivity index (χ4n) is 3.96. The van der Waals surface area contributed by atoms with Gasteiger partial charge >= 0.3 is 6.18 Å². The normalized spacial score (nSPS) is 18.1. The number of rotatable bonds is 5. The fraction of sp³-hybridized carbons (Fsp3) is 0.391. The van der Waals surface area contributed by atoms with E-state index in [0.717, 1.165) is 22.0 Å². The van der Waals surface area contributed by atoms with Gasteiger partial charge in [-0.15, -0.1) is 0 Å². The van der Waals surface area contributed by atoms with Crippen LogP contribution in [0, 0.1) is 0 Å². The SMILES string of the molecule is CC(C)c1ccc(-c2noc(C3CCCN(S(=O)(=O)c4ccccc4C(F)(F)F)C3)n2)cc1. The summed E-state index contributed by atoms with van der Waals surface area (Å²) in [6.45, 7) is 4.29. The summed E-state index contributed by atoms with van der Waals surface area (Å²) in [6.07, 6.45) is -3.70. The van der Waals surface area contributed by atoms with E-state index in [-0.39, 0.29) is 19.0 Å². The van der Waals surface area contributed by atoms with Gasteiger partial charge in [-0.2, -0.15) is 22.5 Å². The molecule has 3 aromatic rings. The average molecular weight is 480 g/mol. The molecule has 0 N–H and O–H groups in total. The van der Waals surface area contributed by atoms with Crippen molar-refractivity contribution in [1.82, 2.24) is 14.4 Å². The number of alkyl halides is 3. The lowest BCUT2D eigenvalue weighted by Gasteiger charge is -2.30. The quantitative estimate of drug-likeness (QED) is 0.487. The molecule has 0 spiro atoms. The Labute approximate surface area is 190 Å². The monoisotopic (exact) mass is 479 g/mol. The van der Waals surface area contributed by atoms with E-state index in [0.29, 0.717) is 24.6 Å². The molecule has 2 heterocycles. The average Bonchev–Trinajstić information content (AvgIpc) is 3.29. The second-order valence-electron chi connectivity index (χ2n) is 8.43. The second kappa shape index (κ2) is 8.90. The summed E-state index contributed by atoms with van der Waals surface area (Å²) in [5.74, 6) is 0.657. The highest BCUT2D eigenvalue weighted by atomic mass is 32.2. The third-order valence-corrected chi connectivity index (χ3v) is 7.74. The van der Waals surface area contributed by atoms with Crippen molar-refractivity contribution in [3.63, 3.8) is 0 Å². The molecule has 1 fully saturated rings. The highest BCUT2D eigenvalue weighted by Gasteiger charge is 2.40. The Kier molecular flexibility index (Phi) is 6.32. The van der Waals surface area contributed by atoms with Crippen LogP contribution in [0.4, 0.5) is 13.2 Å². The van der Waals surface area contributed by atoms with Crippen molar-refractivity contribution in [3.05, 3.63) is 65.5 Å². The molecule has 0 aliphatic carbocycles. The van der Waals surface area contributed by atoms with Crippen LogP contribution in [0.3, 0.4) is 0 Å². The molecule has 10 heteroatoms. The summed E-state index contributed by atoms with van der Waals surface area (Å²) in [5.41, 5.74) is 0.778. The summed E-state index contributed by atoms with van der Waals surface area (Å²) in [5, 5.41) is 4.03. The molecular weight excluding hydrogens is 455 g/mol. The third-order valence-electron chi connectivity index (χ3n) is 5.82. The van der Waals surface area contributed by atoms with Gasteiger partial charge in [-0.25, -0.2) is 8.42 Å². The zero-order valence-electron chi connectivity index (χ0n) is 18.2. The van der Waals surface area contributed by atoms with Crippen LogP contribution in [-0.4, -0.2) is 36.0 Å². The maximum atomic E-state index is 13.4. The zero-order valence-corrected chi connectivity index (χ0v) is 19.0. The Morgan fingerprint density at radius 3 is 2.45 bits per heavy atom. The van der Waals surface area contributed by atoms with Crippen molar-refractivity contribution in [1.29, 1.82) is 0 Å². The van der Waals surface area contributed by atoms with Crippen LogP contribution in [0.25, 0.3) is 11.4 Å². The first-order chi connectivity index (χ1) is 15.6. The predicted molar refractivity (Wildman–Crippen MR) is 116 cm³/mol. The van der Waals surface area contributed by atoms with Gasteiger partial charge in [0.05, 0.1) is 16.4 Å². The second-order valence-corrected chi connectivity index (χ2v) is 10.3. The Balaban J connectivity index is 1.56. The van der Waals surface area contributed by atoms with Gasteiger partial charge in [-0.1, -0.05) is 55.4 Å². The Morgan fingerprint density at radius 1 is 1.09 bits per heavy atom. The van der Waals surface area contributed by atoms with Crippen LogP contribution >= 0.6 is 0 Å². The van der Waals surface area contributed by atoms with Crippen LogP contribution < -0.4 is 0 Å². The summed E-state index contributed by atoms with van der Waals surface area (Å²) in [7, 11) is -4.35. The fourth-order valence-corrected chi connectivity index (χ4v) is 5.70. The first-order valence-corrected chi connectivity index (χ1v) is 12.1. The van der Waals surface area contributed by atoms with E-state index in [4.69, 9.17) is 4.52 Å². The summed E-state index contributed by atoms with van der Waals surface area (Å²) >= 11 is 0. The van der Waals surface area contributed by atoms with Gasteiger partial charge in [0.25, 0.3) is 0 Å². The summed E-state index contributed by atoms with van der Waals surface area (Å²) in [6, 6.07) is 12.0. The lowest BCUT2D eigenvalue weighted by Crippen LogP contribution is -2.39. The topological polar surface area (TPSA) is 76.3 Å². The number of aromatic nitrogens is 2. The molecular formula is C23H24F3N3O3S. The molecule has 0 bridgehead atoms. The highest BCUT2D eigenvalue weighted by Crippen LogP contribution is 2.37. The van der Waals surface area contributed by atoms with Crippen molar-refractivity contribution >= 4 is 10.0 Å². The molecule has 6 nitrogen and oxygen atoms in total. The highest BCUT2D eigenvalue weighted by molar-refractivity contribution is 7.89. The number of piperidine rings is 1. The molecule has 2 aromatic carbocycles. The minimum Gasteiger partial charge on any atom is -0.339 e. The number of benzene rings is 2. The Bertz CT molecular complexity index is 1220. The minimum absolute atomic E-state index is 0.0254. The van der Waals surface area contributed by atoms with Gasteiger partial charge < -0.3 is 4.52 Å². The molecule has 1 atom stereocenters. The van der Waals surface area contributed by atoms with Crippen LogP contribution in [0.1, 0.15) is 55.5 Å². The minimum atomic E-state index is -4.77. The van der Waals surface area contributed by atoms with E-state index >= 15 is 0 Å². The van der Waals surface area contributed by atoms with Gasteiger partial charge in [0.15, 0.2) is 0 Å². The summed E-state index contributed by atoms with van der Waals surface area (Å²) in [4.78, 5) is 3.70. The molecule has 0 radical (unpaired) electrons. The van der Waals surface area contributed by atoms with Crippen molar-refractivity contribution < 1.29 is 26.1 Å². The van der Waals surface area contributed by atoms with Gasteiger partial charge in [-0.05, 0) is 36.5 Å². The van der Waals surface area contributed by atoms with E-state index in [1.165, 1.54) is 17.7 Å². The molecule has 0 amide bonds. The first kappa shape index (κ1) is 23.4. The largest absolute Gasteiger partial charge is 0.417 e. The molecule has 1 aromatic heterocycles. The van der Waals surface area contributed by atoms with Crippen LogP contribution in [0.5, 0.6) is 0 Å². The Morgan fingerprint density at radius 2 is 1.79 bits per heavy atom. The van der Waals surface area contributed by atoms with Crippen molar-refractivity contribution in [2.45, 2.75) is 49.6 Å². The van der Waals surface area contributed by atoms with Crippen LogP contribution in [0.15, 0.2) is 57.9 Å². The van der Waals surface area contributed by atoms with Crippen molar-refractivity contribution in [2.24, 2.45) is 0 Å². The first-order valence-electron chi connectivity index (χ1n) is 10.7. The Hall–Kier alpha value is -2.72. The van der Waals surface area contributed by atoms with Crippen molar-refractivity contribution in [3.8, 4) is 11.4 Å². The van der Waals surface area contributed by atoms with Gasteiger partial charge in [0, 0.05) is 18.7 Å². The number of hydrogen-bond acceptors (Lipinski definition) is 5. The van der Waals surface area contributed by atoms with E-state index < -0.39 is 32.6 Å². The molecule has 1 unspecified atom stereocenters. The molecule has 4 rings (SSSR count). The molecule has 176 valence electrons. The van der Waals surface area contributed by atoms with E-state index in [2.05, 4.69) is 24.0 Å². The molecule has 1 aliphatic heterocycles. The molecule has 1 saturated heterocycles. The number of hydrogen-bond donors (Lipinski definition) is 0. The molecule has 0 saturated carbocycles. The van der Waals surface area contributed by atoms with E-state index in [1.807, 2.05) is 24.3 Å². The third kappa shape index (κ3) is 4.81. The maximum absolute atomic E-state index is 13.4. The molecule has 1 aliphatic rings. The smallest absolute Gasteiger partial charge is 0.339 e. The summed E-state index contributed by atoms with van der Waals surface area (Å²) < 4.78 is 72.9. The van der Waals surface area contributed by atoms with Crippen LogP contribution in [0.2, 0.25) is 0 Å². The number of halogens is 3. The number of sulfonamides is 1. The van der Waals surface area contributed by atoms with E-state index in [1.54, 1.807) is 0 Å². The maximum Gasteiger partial charge on any atom is 0.417 e. The van der Waals surface area contributed by atoms with E-state index in [9.17, 15) is 21.6 Å². The number of nitrogens with zero attached hydrogens (tertiary/aromatic N) is 3. The standard InChI is InChI=1S/C23H24F3N3O3S/c1-15(2)16-9-11-17(12-10-16)21-27-22(32-28-21)18-6-5-13-29(14-18)33(30,31)20-8-4-3-7-19(20)23(24,25)26/h3-4,7-12,15,18H,5-6,13-14H2,1-2H3. The van der Waals surface area contributed by atoms with Gasteiger partial charge in [0.2, 0.25) is 21.7 Å².